The van der Waals surface area contributed by atoms with Crippen LogP contribution in [0.3, 0.4) is 0 Å². The van der Waals surface area contributed by atoms with Crippen LogP contribution in [-0.2, 0) is 88.8 Å². The minimum absolute atomic E-state index is 0.0177. The van der Waals surface area contributed by atoms with Gasteiger partial charge in [0.15, 0.2) is 57.6 Å². The van der Waals surface area contributed by atoms with E-state index in [2.05, 4.69) is 298 Å². The summed E-state index contributed by atoms with van der Waals surface area (Å²) in [7, 11) is 0. The van der Waals surface area contributed by atoms with Gasteiger partial charge in [0.25, 0.3) is 27.8 Å². The van der Waals surface area contributed by atoms with E-state index in [1.54, 1.807) is 0 Å². The monoisotopic (exact) mass is 2010 g/mol. The lowest BCUT2D eigenvalue weighted by atomic mass is 9.97. The summed E-state index contributed by atoms with van der Waals surface area (Å²) >= 11 is 0. The quantitative estimate of drug-likeness (QED) is 0.0284. The van der Waals surface area contributed by atoms with E-state index in [1.165, 1.54) is 66.8 Å². The average Bonchev–Trinajstić information content (AvgIpc) is 0.773. The van der Waals surface area contributed by atoms with Gasteiger partial charge in [-0.15, -0.1) is 0 Å². The lowest BCUT2D eigenvalue weighted by Crippen LogP contribution is -2.32. The molecule has 0 bridgehead atoms. The summed E-state index contributed by atoms with van der Waals surface area (Å²) < 4.78 is 16.0. The van der Waals surface area contributed by atoms with E-state index in [4.69, 9.17) is 4.74 Å². The van der Waals surface area contributed by atoms with Gasteiger partial charge in [0.05, 0.1) is 73.9 Å². The molecule has 20 rings (SSSR count). The summed E-state index contributed by atoms with van der Waals surface area (Å²) in [4.78, 5) is 176. The molecule has 1 atom stereocenters. The number of nitrogens with zero attached hydrogens (tertiary/aromatic N) is 15. The zero-order valence-electron chi connectivity index (χ0n) is 88.2. The van der Waals surface area contributed by atoms with Crippen molar-refractivity contribution in [3.05, 3.63) is 398 Å². The Kier molecular flexibility index (Phi) is 33.4. The second-order valence-electron chi connectivity index (χ2n) is 40.2. The molecular weight excluding hydrogens is 1890 g/mol. The number of hydrogen-bond acceptors (Lipinski definition) is 21. The van der Waals surface area contributed by atoms with E-state index >= 15 is 0 Å². The Morgan fingerprint density at radius 3 is 0.960 bits per heavy atom. The number of ether oxygens (including phenoxy) is 1. The predicted octanol–water partition coefficient (Wildman–Crippen LogP) is 18.1. The molecule has 0 aliphatic carbocycles. The number of rotatable bonds is 28. The Labute approximate surface area is 866 Å². The standard InChI is InChI=1S/C25H28N4O2.C24H26N4O3.C24H26N4O2.2C23H24N4O2/c1-15(2)12-19-14-21-20(13-17(19)4)26-22-23(27-25(31)28-24(22)30)29(21)11-5-6-18-9-7-16(3)8-10-18;1-14(2)31-18(12-17-8-6-5-7-9-17)13-28-20-11-16(4)15(3)10-19(20)25-21-22(28)26-24(30)27-23(21)29;1-4-6-18-14-20-19(13-16(18)3)25-21-22(26-24(30)27-23(21)29)28(20)12-5-7-17-10-8-15(2)9-11-17;1-14(2)17-10-11-19-18(13-17)24-20-21(25-23(29)26-22(20)28)27(19)12-4-5-16-8-6-15(3)7-9-16;1-4-17-13-18-19(12-15(17)3)27(11-5-6-16-9-7-14(2)8-10-16)21-20(24-18)22(28)26-23(29)25-21/h7-10,13-15H,5-6,11-12H2,1-4H3,(H,28,30,31);5-11,14,18H,12-13H2,1-4H3,(H,27,29,30);8-11,13-14H,4-7,12H2,1-3H3,(H,27,29,30);6-11,13-14H,4-5,12H2,1-3H3,(H,26,28,29);7-10,12-13H,4-6,11H2,1-3H3,(H,26,28,29). The third-order valence-corrected chi connectivity index (χ3v) is 27.3. The normalized spacial score (nSPS) is 11.8. The number of aryl methyl sites for hydroxylation is 19. The fourth-order valence-corrected chi connectivity index (χ4v) is 19.3. The van der Waals surface area contributed by atoms with Crippen LogP contribution in [0, 0.1) is 68.2 Å². The fourth-order valence-electron chi connectivity index (χ4n) is 19.3. The van der Waals surface area contributed by atoms with Crippen LogP contribution in [0.15, 0.2) is 242 Å². The van der Waals surface area contributed by atoms with Gasteiger partial charge >= 0.3 is 28.4 Å². The first-order chi connectivity index (χ1) is 72.0. The molecule has 10 heterocycles. The van der Waals surface area contributed by atoms with E-state index in [9.17, 15) is 47.9 Å². The van der Waals surface area contributed by atoms with Crippen LogP contribution in [0.1, 0.15) is 194 Å². The van der Waals surface area contributed by atoms with Gasteiger partial charge < -0.3 is 27.6 Å². The Morgan fingerprint density at radius 2 is 0.600 bits per heavy atom. The molecule has 770 valence electrons. The Balaban J connectivity index is 0.000000133. The molecule has 0 fully saturated rings. The predicted molar refractivity (Wildman–Crippen MR) is 593 cm³/mol. The summed E-state index contributed by atoms with van der Waals surface area (Å²) in [6.45, 7) is 38.5. The molecule has 10 aliphatic rings. The van der Waals surface area contributed by atoms with Crippen molar-refractivity contribution in [3.63, 3.8) is 0 Å². The number of nitrogens with one attached hydrogen (secondary N) is 5. The smallest absolute Gasteiger partial charge is 0.349 e. The molecule has 0 aromatic heterocycles. The van der Waals surface area contributed by atoms with Gasteiger partial charge in [-0.05, 0) is 297 Å². The molecule has 0 saturated heterocycles. The van der Waals surface area contributed by atoms with Gasteiger partial charge in [-0.1, -0.05) is 204 Å². The largest absolute Gasteiger partial charge is 0.373 e. The van der Waals surface area contributed by atoms with Gasteiger partial charge in [0.2, 0.25) is 0 Å². The number of aromatic nitrogens is 20. The molecule has 10 aromatic rings. The number of hydrogen-bond donors (Lipinski definition) is 5. The third kappa shape index (κ3) is 25.3. The van der Waals surface area contributed by atoms with Crippen molar-refractivity contribution in [1.29, 1.82) is 0 Å². The minimum atomic E-state index is -0.680. The summed E-state index contributed by atoms with van der Waals surface area (Å²) in [5, 5.41) is 0. The molecule has 10 aromatic carbocycles. The lowest BCUT2D eigenvalue weighted by molar-refractivity contribution is -0.000467. The van der Waals surface area contributed by atoms with Crippen LogP contribution in [0.5, 0.6) is 0 Å². The van der Waals surface area contributed by atoms with E-state index in [0.29, 0.717) is 79.8 Å². The zero-order chi connectivity index (χ0) is 107. The fraction of sp³-hybridized carbons (Fsp3) is 0.328. The van der Waals surface area contributed by atoms with Crippen LogP contribution in [0.2, 0.25) is 0 Å². The Hall–Kier alpha value is -16.4. The highest BCUT2D eigenvalue weighted by atomic mass is 16.5. The molecule has 0 amide bonds. The van der Waals surface area contributed by atoms with E-state index in [0.717, 1.165) is 160 Å². The zero-order valence-corrected chi connectivity index (χ0v) is 88.2. The molecule has 150 heavy (non-hydrogen) atoms. The second-order valence-corrected chi connectivity index (χ2v) is 40.2. The highest BCUT2D eigenvalue weighted by Crippen LogP contribution is 2.34. The number of H-pyrrole nitrogens is 5. The van der Waals surface area contributed by atoms with Gasteiger partial charge in [-0.25, -0.2) is 48.9 Å². The minimum Gasteiger partial charge on any atom is -0.373 e. The van der Waals surface area contributed by atoms with Crippen molar-refractivity contribution < 1.29 is 4.74 Å². The topological polar surface area (TPSA) is 412 Å². The maximum absolute atomic E-state index is 12.5. The molecular formula is C119H128N20O11. The summed E-state index contributed by atoms with van der Waals surface area (Å²) in [6, 6.07) is 66.7. The first-order valence-corrected chi connectivity index (χ1v) is 51.6. The molecule has 10 aliphatic heterocycles. The maximum atomic E-state index is 12.5. The van der Waals surface area contributed by atoms with Gasteiger partial charge in [-0.2, -0.15) is 24.9 Å². The second kappa shape index (κ2) is 47.2. The van der Waals surface area contributed by atoms with Crippen LogP contribution in [0.4, 0.5) is 0 Å². The molecule has 31 heteroatoms. The Morgan fingerprint density at radius 1 is 0.287 bits per heavy atom. The molecule has 0 radical (unpaired) electrons. The average molecular weight is 2010 g/mol. The van der Waals surface area contributed by atoms with Gasteiger partial charge in [-0.3, -0.25) is 48.9 Å². The number of aromatic amines is 5. The lowest BCUT2D eigenvalue weighted by Gasteiger charge is -2.25. The van der Waals surface area contributed by atoms with Crippen molar-refractivity contribution in [1.82, 2.24) is 97.6 Å². The first kappa shape index (κ1) is 106. The van der Waals surface area contributed by atoms with Crippen molar-refractivity contribution in [2.75, 3.05) is 0 Å². The molecule has 5 N–H and O–H groups in total. The number of fused-ring (bicyclic) bond motifs is 10. The summed E-state index contributed by atoms with van der Waals surface area (Å²) in [5.41, 5.74) is 25.0. The third-order valence-electron chi connectivity index (χ3n) is 27.3. The van der Waals surface area contributed by atoms with Crippen LogP contribution >= 0.6 is 0 Å². The van der Waals surface area contributed by atoms with Crippen molar-refractivity contribution >= 4 is 55.2 Å². The van der Waals surface area contributed by atoms with Crippen LogP contribution in [-0.4, -0.2) is 110 Å². The van der Waals surface area contributed by atoms with Crippen molar-refractivity contribution in [2.24, 2.45) is 5.92 Å². The van der Waals surface area contributed by atoms with E-state index < -0.39 is 56.2 Å². The molecule has 1 unspecified atom stereocenters. The highest BCUT2D eigenvalue weighted by molar-refractivity contribution is 5.85. The molecule has 31 nitrogen and oxygen atoms in total. The number of benzene rings is 10. The van der Waals surface area contributed by atoms with Crippen LogP contribution < -0.4 is 56.2 Å². The van der Waals surface area contributed by atoms with E-state index in [1.807, 2.05) is 111 Å². The highest BCUT2D eigenvalue weighted by Gasteiger charge is 2.28. The first-order valence-electron chi connectivity index (χ1n) is 51.6. The SMILES string of the molecule is CCCc1cc2c(cc1C)nc1c(=O)[nH]c(=O)nc-1n2CCCc1ccc(C)cc1.CCc1cc2nc3c(=O)[nH]c(=O)nc-3n(CCCc3ccc(C)cc3)c2cc1C.Cc1cc2nc3c(=O)[nH]c(=O)nc-3n(CC(Cc3ccccc3)OC(C)C)c2cc1C.Cc1ccc(CCCn2c3nc(=O)[nH]c(=O)c-3nc3cc(C(C)C)ccc32)cc1.Cc1ccc(CCCn2c3nc(=O)[nH]c(=O)c-3nc3cc(C)c(CC(C)C)cc32)cc1. The molecule has 0 saturated carbocycles. The summed E-state index contributed by atoms with van der Waals surface area (Å²) in [6.07, 6.45) is 11.4. The maximum Gasteiger partial charge on any atom is 0.349 e. The van der Waals surface area contributed by atoms with Crippen molar-refractivity contribution in [2.45, 2.75) is 252 Å². The van der Waals surface area contributed by atoms with Gasteiger partial charge in [0.1, 0.15) is 0 Å². The van der Waals surface area contributed by atoms with E-state index in [-0.39, 0.29) is 46.5 Å². The van der Waals surface area contributed by atoms with Gasteiger partial charge in [0, 0.05) is 32.6 Å². The Bertz CT molecular complexity index is 8800. The molecule has 0 spiro atoms. The van der Waals surface area contributed by atoms with Crippen LogP contribution in [0.25, 0.3) is 113 Å². The van der Waals surface area contributed by atoms with Crippen molar-refractivity contribution in [3.8, 4) is 57.6 Å². The summed E-state index contributed by atoms with van der Waals surface area (Å²) in [5.74, 6) is 2.54.